The van der Waals surface area contributed by atoms with E-state index in [4.69, 9.17) is 0 Å². The Labute approximate surface area is 98.0 Å². The molecule has 3 nitrogen and oxygen atoms in total. The molecule has 0 amide bonds. The van der Waals surface area contributed by atoms with Gasteiger partial charge in [-0.1, -0.05) is 12.1 Å². The minimum atomic E-state index is -0.414. The first-order valence-electron chi connectivity index (χ1n) is 3.08. The first-order chi connectivity index (χ1) is 5.24. The van der Waals surface area contributed by atoms with Crippen molar-refractivity contribution in [3.63, 3.8) is 0 Å². The number of nitro benzene ring substituents is 1. The molecule has 0 atom stereocenters. The summed E-state index contributed by atoms with van der Waals surface area (Å²) >= 11 is 4.03. The molecule has 0 aliphatic heterocycles. The summed E-state index contributed by atoms with van der Waals surface area (Å²) < 4.78 is 0. The van der Waals surface area contributed by atoms with E-state index in [0.717, 1.165) is 5.56 Å². The zero-order chi connectivity index (χ0) is 8.27. The van der Waals surface area contributed by atoms with Crippen molar-refractivity contribution in [2.24, 2.45) is 0 Å². The Bertz CT molecular complexity index is 263. The van der Waals surface area contributed by atoms with Crippen LogP contribution in [0.15, 0.2) is 24.3 Å². The second-order valence-electron chi connectivity index (χ2n) is 2.08. The van der Waals surface area contributed by atoms with Crippen LogP contribution in [0.3, 0.4) is 0 Å². The number of nitrogens with zero attached hydrogens (tertiary/aromatic N) is 1. The summed E-state index contributed by atoms with van der Waals surface area (Å²) in [6.45, 7) is 0. The van der Waals surface area contributed by atoms with Crippen LogP contribution in [-0.4, -0.2) is 34.5 Å². The average molecular weight is 192 g/mol. The number of hydrogen-bond acceptors (Lipinski definition) is 3. The Morgan fingerprint density at radius 1 is 1.33 bits per heavy atom. The predicted molar refractivity (Wildman–Crippen MR) is 51.5 cm³/mol. The van der Waals surface area contributed by atoms with Gasteiger partial charge >= 0.3 is 0 Å². The SMILES string of the molecule is O=[N+]([O-])c1ccc(CS)cc1.[Na]. The molecule has 0 N–H and O–H groups in total. The molecule has 1 radical (unpaired) electrons. The standard InChI is InChI=1S/C7H7NO2S.Na/c9-8(10)7-3-1-6(5-11)2-4-7;/h1-4,11H,5H2;. The van der Waals surface area contributed by atoms with Crippen LogP contribution in [0.25, 0.3) is 0 Å². The van der Waals surface area contributed by atoms with E-state index in [0.29, 0.717) is 5.75 Å². The molecule has 5 heteroatoms. The van der Waals surface area contributed by atoms with Crippen LogP contribution in [0.5, 0.6) is 0 Å². The van der Waals surface area contributed by atoms with Crippen molar-refractivity contribution in [3.8, 4) is 0 Å². The summed E-state index contributed by atoms with van der Waals surface area (Å²) in [5.41, 5.74) is 1.11. The van der Waals surface area contributed by atoms with Gasteiger partial charge in [-0.2, -0.15) is 12.6 Å². The van der Waals surface area contributed by atoms with Crippen molar-refractivity contribution in [1.29, 1.82) is 0 Å². The maximum atomic E-state index is 10.2. The summed E-state index contributed by atoms with van der Waals surface area (Å²) in [4.78, 5) is 9.77. The second-order valence-corrected chi connectivity index (χ2v) is 2.40. The van der Waals surface area contributed by atoms with Gasteiger partial charge in [0.05, 0.1) is 4.92 Å². The maximum absolute atomic E-state index is 10.2. The molecule has 0 aliphatic carbocycles. The minimum Gasteiger partial charge on any atom is -0.258 e. The topological polar surface area (TPSA) is 43.1 Å². The van der Waals surface area contributed by atoms with Crippen molar-refractivity contribution >= 4 is 47.9 Å². The fourth-order valence-electron chi connectivity index (χ4n) is 0.723. The fraction of sp³-hybridized carbons (Fsp3) is 0.143. The fourth-order valence-corrected chi connectivity index (χ4v) is 0.934. The van der Waals surface area contributed by atoms with Gasteiger partial charge < -0.3 is 0 Å². The van der Waals surface area contributed by atoms with E-state index < -0.39 is 4.92 Å². The molecule has 0 bridgehead atoms. The van der Waals surface area contributed by atoms with E-state index in [-0.39, 0.29) is 35.2 Å². The Morgan fingerprint density at radius 2 is 1.83 bits per heavy atom. The molecule has 0 aliphatic rings. The largest absolute Gasteiger partial charge is 0.269 e. The molecule has 1 aromatic rings. The maximum Gasteiger partial charge on any atom is 0.269 e. The molecule has 0 saturated heterocycles. The van der Waals surface area contributed by atoms with Gasteiger partial charge in [0.1, 0.15) is 0 Å². The van der Waals surface area contributed by atoms with Gasteiger partial charge in [0.25, 0.3) is 5.69 Å². The van der Waals surface area contributed by atoms with E-state index in [1.165, 1.54) is 12.1 Å². The van der Waals surface area contributed by atoms with Gasteiger partial charge in [-0.15, -0.1) is 0 Å². The van der Waals surface area contributed by atoms with Crippen molar-refractivity contribution in [2.75, 3.05) is 0 Å². The molecule has 0 heterocycles. The third-order valence-electron chi connectivity index (χ3n) is 1.33. The molecular formula is C7H7NNaO2S. The summed E-state index contributed by atoms with van der Waals surface area (Å²) in [5, 5.41) is 10.2. The predicted octanol–water partition coefficient (Wildman–Crippen LogP) is 1.64. The molecule has 0 aromatic heterocycles. The van der Waals surface area contributed by atoms with E-state index in [1.54, 1.807) is 12.1 Å². The van der Waals surface area contributed by atoms with Crippen LogP contribution >= 0.6 is 12.6 Å². The molecule has 0 saturated carbocycles. The molecule has 1 rings (SSSR count). The monoisotopic (exact) mass is 192 g/mol. The molecule has 0 spiro atoms. The minimum absolute atomic E-state index is 0. The molecule has 0 fully saturated rings. The quantitative estimate of drug-likeness (QED) is 0.335. The molecule has 59 valence electrons. The average Bonchev–Trinajstić information content (AvgIpc) is 2.05. The van der Waals surface area contributed by atoms with Gasteiger partial charge in [-0.3, -0.25) is 10.1 Å². The van der Waals surface area contributed by atoms with Crippen LogP contribution in [0, 0.1) is 10.1 Å². The third kappa shape index (κ3) is 3.15. The molecular weight excluding hydrogens is 185 g/mol. The first-order valence-corrected chi connectivity index (χ1v) is 3.71. The molecule has 0 unspecified atom stereocenters. The van der Waals surface area contributed by atoms with E-state index in [1.807, 2.05) is 0 Å². The van der Waals surface area contributed by atoms with Crippen LogP contribution in [0.1, 0.15) is 5.56 Å². The number of non-ortho nitro benzene ring substituents is 1. The van der Waals surface area contributed by atoms with E-state index >= 15 is 0 Å². The van der Waals surface area contributed by atoms with Crippen molar-refractivity contribution in [3.05, 3.63) is 39.9 Å². The molecule has 12 heavy (non-hydrogen) atoms. The van der Waals surface area contributed by atoms with Crippen LogP contribution in [-0.2, 0) is 5.75 Å². The summed E-state index contributed by atoms with van der Waals surface area (Å²) in [7, 11) is 0. The van der Waals surface area contributed by atoms with Crippen molar-refractivity contribution < 1.29 is 4.92 Å². The molecule has 1 aromatic carbocycles. The summed E-state index contributed by atoms with van der Waals surface area (Å²) in [5.74, 6) is 0.609. The zero-order valence-electron chi connectivity index (χ0n) is 6.73. The van der Waals surface area contributed by atoms with Gasteiger partial charge in [-0.25, -0.2) is 0 Å². The van der Waals surface area contributed by atoms with Crippen molar-refractivity contribution in [2.45, 2.75) is 5.75 Å². The van der Waals surface area contributed by atoms with Gasteiger partial charge in [-0.05, 0) is 5.56 Å². The summed E-state index contributed by atoms with van der Waals surface area (Å²) in [6.07, 6.45) is 0. The van der Waals surface area contributed by atoms with Gasteiger partial charge in [0, 0.05) is 47.4 Å². The van der Waals surface area contributed by atoms with E-state index in [9.17, 15) is 10.1 Å². The Balaban J connectivity index is 0.00000121. The Morgan fingerprint density at radius 3 is 2.17 bits per heavy atom. The van der Waals surface area contributed by atoms with Gasteiger partial charge in [0.15, 0.2) is 0 Å². The third-order valence-corrected chi connectivity index (χ3v) is 1.69. The van der Waals surface area contributed by atoms with Crippen LogP contribution < -0.4 is 0 Å². The Hall–Kier alpha value is -0.0300. The number of benzene rings is 1. The summed E-state index contributed by atoms with van der Waals surface area (Å²) in [6, 6.07) is 6.35. The number of rotatable bonds is 2. The number of thiol groups is 1. The Kier molecular flexibility index (Phi) is 5.57. The van der Waals surface area contributed by atoms with Crippen LogP contribution in [0.4, 0.5) is 5.69 Å². The zero-order valence-corrected chi connectivity index (χ0v) is 9.62. The smallest absolute Gasteiger partial charge is 0.258 e. The number of nitro groups is 1. The second kappa shape index (κ2) is 5.59. The van der Waals surface area contributed by atoms with Gasteiger partial charge in [0.2, 0.25) is 0 Å². The normalized spacial score (nSPS) is 8.75. The first kappa shape index (κ1) is 12.0. The van der Waals surface area contributed by atoms with E-state index in [2.05, 4.69) is 12.6 Å². The van der Waals surface area contributed by atoms with Crippen LogP contribution in [0.2, 0.25) is 0 Å². The van der Waals surface area contributed by atoms with Crippen molar-refractivity contribution in [1.82, 2.24) is 0 Å². The number of hydrogen-bond donors (Lipinski definition) is 1.